The molecule has 4 nitrogen and oxygen atoms in total. The molecule has 0 N–H and O–H groups in total. The van der Waals surface area contributed by atoms with Crippen molar-refractivity contribution in [1.82, 2.24) is 9.21 Å². The average Bonchev–Trinajstić information content (AvgIpc) is 3.12. The Morgan fingerprint density at radius 1 is 1.08 bits per heavy atom. The number of piperidine rings is 1. The molecular weight excluding hydrogens is 344 g/mol. The number of rotatable bonds is 5. The molecule has 2 aliphatic heterocycles. The second-order valence-electron chi connectivity index (χ2n) is 8.50. The van der Waals surface area contributed by atoms with Gasteiger partial charge in [0.15, 0.2) is 0 Å². The van der Waals surface area contributed by atoms with E-state index >= 15 is 0 Å². The third-order valence-electron chi connectivity index (χ3n) is 6.87. The second-order valence-corrected chi connectivity index (χ2v) is 10.6. The van der Waals surface area contributed by atoms with Crippen LogP contribution in [0.15, 0.2) is 30.3 Å². The maximum atomic E-state index is 12.3. The van der Waals surface area contributed by atoms with E-state index in [1.165, 1.54) is 37.8 Å². The van der Waals surface area contributed by atoms with Crippen molar-refractivity contribution in [2.24, 2.45) is 5.41 Å². The van der Waals surface area contributed by atoms with Crippen LogP contribution < -0.4 is 0 Å². The minimum Gasteiger partial charge on any atom is -0.292 e. The van der Waals surface area contributed by atoms with Crippen LogP contribution in [0.3, 0.4) is 0 Å². The van der Waals surface area contributed by atoms with Crippen molar-refractivity contribution in [1.29, 1.82) is 0 Å². The smallest absolute Gasteiger partial charge is 0.214 e. The highest BCUT2D eigenvalue weighted by Crippen LogP contribution is 2.59. The lowest BCUT2D eigenvalue weighted by atomic mass is 9.66. The molecule has 1 spiro atoms. The maximum absolute atomic E-state index is 12.3. The number of hydrogen-bond acceptors (Lipinski definition) is 3. The molecule has 1 atom stereocenters. The van der Waals surface area contributed by atoms with Crippen molar-refractivity contribution in [3.8, 4) is 0 Å². The number of benzene rings is 1. The molecule has 0 radical (unpaired) electrons. The normalized spacial score (nSPS) is 27.7. The third kappa shape index (κ3) is 3.23. The van der Waals surface area contributed by atoms with Crippen LogP contribution in [-0.2, 0) is 10.0 Å². The zero-order valence-corrected chi connectivity index (χ0v) is 16.8. The van der Waals surface area contributed by atoms with Gasteiger partial charge in [-0.2, -0.15) is 0 Å². The summed E-state index contributed by atoms with van der Waals surface area (Å²) in [7, 11) is -3.04. The molecule has 4 rings (SSSR count). The summed E-state index contributed by atoms with van der Waals surface area (Å²) >= 11 is 0. The average molecular weight is 377 g/mol. The van der Waals surface area contributed by atoms with Crippen LogP contribution in [0.1, 0.15) is 63.5 Å². The Hall–Kier alpha value is -0.910. The van der Waals surface area contributed by atoms with E-state index in [9.17, 15) is 8.42 Å². The van der Waals surface area contributed by atoms with E-state index in [2.05, 4.69) is 35.2 Å². The fraction of sp³-hybridized carbons (Fsp3) is 0.714. The molecule has 26 heavy (non-hydrogen) atoms. The van der Waals surface area contributed by atoms with Gasteiger partial charge in [-0.15, -0.1) is 0 Å². The summed E-state index contributed by atoms with van der Waals surface area (Å²) < 4.78 is 26.4. The predicted molar refractivity (Wildman–Crippen MR) is 105 cm³/mol. The van der Waals surface area contributed by atoms with Gasteiger partial charge in [-0.05, 0) is 37.7 Å². The Bertz CT molecular complexity index is 705. The Morgan fingerprint density at radius 2 is 1.73 bits per heavy atom. The van der Waals surface area contributed by atoms with E-state index in [1.807, 2.05) is 6.92 Å². The molecule has 2 saturated heterocycles. The van der Waals surface area contributed by atoms with Crippen molar-refractivity contribution in [3.05, 3.63) is 35.9 Å². The molecule has 0 amide bonds. The van der Waals surface area contributed by atoms with Gasteiger partial charge < -0.3 is 0 Å². The van der Waals surface area contributed by atoms with Crippen molar-refractivity contribution in [2.75, 3.05) is 25.4 Å². The lowest BCUT2D eigenvalue weighted by Gasteiger charge is -2.60. The van der Waals surface area contributed by atoms with E-state index in [0.717, 1.165) is 12.8 Å². The quantitative estimate of drug-likeness (QED) is 0.785. The lowest BCUT2D eigenvalue weighted by Crippen LogP contribution is -2.62. The Morgan fingerprint density at radius 3 is 2.35 bits per heavy atom. The molecule has 144 valence electrons. The van der Waals surface area contributed by atoms with Crippen molar-refractivity contribution < 1.29 is 8.42 Å². The van der Waals surface area contributed by atoms with E-state index in [4.69, 9.17) is 0 Å². The Kier molecular flexibility index (Phi) is 5.15. The van der Waals surface area contributed by atoms with Crippen molar-refractivity contribution in [2.45, 2.75) is 64.0 Å². The molecule has 5 heteroatoms. The molecule has 0 aromatic heterocycles. The lowest BCUT2D eigenvalue weighted by molar-refractivity contribution is -0.109. The summed E-state index contributed by atoms with van der Waals surface area (Å²) in [5, 5.41) is 0. The van der Waals surface area contributed by atoms with Gasteiger partial charge in [0.05, 0.1) is 5.75 Å². The third-order valence-corrected chi connectivity index (χ3v) is 8.95. The van der Waals surface area contributed by atoms with Gasteiger partial charge in [-0.1, -0.05) is 50.1 Å². The summed E-state index contributed by atoms with van der Waals surface area (Å²) in [6.45, 7) is 4.53. The summed E-state index contributed by atoms with van der Waals surface area (Å²) in [5.74, 6) is 0.289. The van der Waals surface area contributed by atoms with Crippen LogP contribution in [0.2, 0.25) is 0 Å². The summed E-state index contributed by atoms with van der Waals surface area (Å²) in [6, 6.07) is 12.1. The summed E-state index contributed by atoms with van der Waals surface area (Å²) in [6.07, 6.45) is 8.09. The van der Waals surface area contributed by atoms with Crippen LogP contribution in [-0.4, -0.2) is 49.1 Å². The first-order valence-electron chi connectivity index (χ1n) is 10.3. The van der Waals surface area contributed by atoms with Crippen LogP contribution in [0.25, 0.3) is 0 Å². The molecular formula is C21H32N2O2S. The number of hydrogen-bond donors (Lipinski definition) is 0. The van der Waals surface area contributed by atoms with Gasteiger partial charge in [0, 0.05) is 37.1 Å². The van der Waals surface area contributed by atoms with Crippen molar-refractivity contribution >= 4 is 10.0 Å². The molecule has 1 unspecified atom stereocenters. The Labute approximate surface area is 158 Å². The molecule has 1 aromatic carbocycles. The van der Waals surface area contributed by atoms with E-state index < -0.39 is 10.0 Å². The molecule has 1 saturated carbocycles. The Balaban J connectivity index is 1.47. The minimum atomic E-state index is -3.04. The predicted octanol–water partition coefficient (Wildman–Crippen LogP) is 3.81. The van der Waals surface area contributed by atoms with Crippen LogP contribution in [0.4, 0.5) is 0 Å². The molecule has 0 bridgehead atoms. The molecule has 2 heterocycles. The molecule has 1 aromatic rings. The van der Waals surface area contributed by atoms with E-state index in [0.29, 0.717) is 37.0 Å². The molecule has 1 aliphatic carbocycles. The fourth-order valence-electron chi connectivity index (χ4n) is 5.65. The highest BCUT2D eigenvalue weighted by Gasteiger charge is 2.55. The monoisotopic (exact) mass is 376 g/mol. The zero-order valence-electron chi connectivity index (χ0n) is 15.9. The van der Waals surface area contributed by atoms with Gasteiger partial charge in [-0.3, -0.25) is 4.90 Å². The van der Waals surface area contributed by atoms with Crippen LogP contribution in [0.5, 0.6) is 0 Å². The maximum Gasteiger partial charge on any atom is 0.214 e. The standard InChI is InChI=1S/C21H32N2O2S/c1-2-16-26(24,25)22-14-10-19(11-15-22)23-17-21(12-6-7-13-21)20(23)18-8-4-3-5-9-18/h3-5,8-9,19-20H,2,6-7,10-17H2,1H3. The first kappa shape index (κ1) is 18.5. The van der Waals surface area contributed by atoms with E-state index in [-0.39, 0.29) is 5.75 Å². The number of sulfonamides is 1. The van der Waals surface area contributed by atoms with Crippen molar-refractivity contribution in [3.63, 3.8) is 0 Å². The van der Waals surface area contributed by atoms with Crippen LogP contribution in [0, 0.1) is 5.41 Å². The summed E-state index contributed by atoms with van der Waals surface area (Å²) in [5.41, 5.74) is 1.94. The first-order valence-corrected chi connectivity index (χ1v) is 12.0. The van der Waals surface area contributed by atoms with Gasteiger partial charge in [-0.25, -0.2) is 12.7 Å². The van der Waals surface area contributed by atoms with Gasteiger partial charge in [0.1, 0.15) is 0 Å². The summed E-state index contributed by atoms with van der Waals surface area (Å²) in [4.78, 5) is 2.70. The van der Waals surface area contributed by atoms with Gasteiger partial charge in [0.25, 0.3) is 0 Å². The minimum absolute atomic E-state index is 0.289. The van der Waals surface area contributed by atoms with E-state index in [1.54, 1.807) is 4.31 Å². The zero-order chi connectivity index (χ0) is 18.2. The largest absolute Gasteiger partial charge is 0.292 e. The fourth-order valence-corrected chi connectivity index (χ4v) is 7.19. The SMILES string of the molecule is CCCS(=O)(=O)N1CCC(N2CC3(CCCC3)C2c2ccccc2)CC1. The molecule has 3 aliphatic rings. The topological polar surface area (TPSA) is 40.6 Å². The number of likely N-dealkylation sites (tertiary alicyclic amines) is 1. The highest BCUT2D eigenvalue weighted by atomic mass is 32.2. The first-order chi connectivity index (χ1) is 12.6. The van der Waals surface area contributed by atoms with Gasteiger partial charge >= 0.3 is 0 Å². The second kappa shape index (κ2) is 7.25. The van der Waals surface area contributed by atoms with Crippen LogP contribution >= 0.6 is 0 Å². The molecule has 3 fully saturated rings. The highest BCUT2D eigenvalue weighted by molar-refractivity contribution is 7.89. The number of nitrogens with zero attached hydrogens (tertiary/aromatic N) is 2. The van der Waals surface area contributed by atoms with Gasteiger partial charge in [0.2, 0.25) is 10.0 Å².